The van der Waals surface area contributed by atoms with E-state index in [1.165, 1.54) is 5.56 Å². The molecule has 0 atom stereocenters. The topological polar surface area (TPSA) is 91.5 Å². The fourth-order valence-corrected chi connectivity index (χ4v) is 1.50. The molecule has 0 unspecified atom stereocenters. The van der Waals surface area contributed by atoms with Gasteiger partial charge in [0, 0.05) is 6.54 Å². The van der Waals surface area contributed by atoms with E-state index in [1.807, 2.05) is 41.1 Å². The maximum absolute atomic E-state index is 7.56. The van der Waals surface area contributed by atoms with Crippen molar-refractivity contribution in [2.45, 2.75) is 6.42 Å². The Hall–Kier alpha value is -1.31. The first kappa shape index (κ1) is 12.8. The first-order valence-corrected chi connectivity index (χ1v) is 5.71. The van der Waals surface area contributed by atoms with Crippen molar-refractivity contribution in [1.82, 2.24) is 3.11 Å². The van der Waals surface area contributed by atoms with Crippen LogP contribution in [0.2, 0.25) is 0 Å². The monoisotopic (exact) mass is 331 g/mol. The standard InChI is InChI=1S/C10H14IN5/c11-16(10(14)15-9(12)13)7-6-8-4-2-1-3-5-8/h1-5H,6-7H2,(H5,12,13,14,15). The Kier molecular flexibility index (Phi) is 5.03. The first-order valence-electron chi connectivity index (χ1n) is 4.75. The molecule has 0 heterocycles. The number of benzene rings is 1. The van der Waals surface area contributed by atoms with Gasteiger partial charge in [-0.3, -0.25) is 8.52 Å². The summed E-state index contributed by atoms with van der Waals surface area (Å²) in [5, 5.41) is 7.56. The van der Waals surface area contributed by atoms with Gasteiger partial charge < -0.3 is 11.5 Å². The molecule has 6 heteroatoms. The van der Waals surface area contributed by atoms with Gasteiger partial charge in [-0.05, 0) is 12.0 Å². The van der Waals surface area contributed by atoms with Gasteiger partial charge >= 0.3 is 0 Å². The van der Waals surface area contributed by atoms with Gasteiger partial charge in [-0.15, -0.1) is 0 Å². The molecule has 0 radical (unpaired) electrons. The highest BCUT2D eigenvalue weighted by Crippen LogP contribution is 2.06. The van der Waals surface area contributed by atoms with Gasteiger partial charge in [0.1, 0.15) is 0 Å². The van der Waals surface area contributed by atoms with Gasteiger partial charge in [0.15, 0.2) is 5.96 Å². The van der Waals surface area contributed by atoms with E-state index in [1.54, 1.807) is 3.11 Å². The Morgan fingerprint density at radius 1 is 1.31 bits per heavy atom. The van der Waals surface area contributed by atoms with Crippen molar-refractivity contribution < 1.29 is 0 Å². The molecule has 1 rings (SSSR count). The highest BCUT2D eigenvalue weighted by Gasteiger charge is 2.05. The third-order valence-electron chi connectivity index (χ3n) is 1.90. The van der Waals surface area contributed by atoms with E-state index in [4.69, 9.17) is 16.9 Å². The minimum atomic E-state index is -0.0913. The highest BCUT2D eigenvalue weighted by molar-refractivity contribution is 14.1. The number of nitrogens with two attached hydrogens (primary N) is 2. The molecule has 0 fully saturated rings. The van der Waals surface area contributed by atoms with E-state index >= 15 is 0 Å². The lowest BCUT2D eigenvalue weighted by atomic mass is 10.1. The van der Waals surface area contributed by atoms with Gasteiger partial charge in [0.2, 0.25) is 5.96 Å². The molecule has 5 nitrogen and oxygen atoms in total. The summed E-state index contributed by atoms with van der Waals surface area (Å²) < 4.78 is 1.67. The number of aliphatic imine (C=N–C) groups is 1. The summed E-state index contributed by atoms with van der Waals surface area (Å²) in [6.07, 6.45) is 0.853. The number of nitrogens with one attached hydrogen (secondary N) is 1. The smallest absolute Gasteiger partial charge is 0.229 e. The molecule has 16 heavy (non-hydrogen) atoms. The molecular formula is C10H14IN5. The maximum Gasteiger partial charge on any atom is 0.229 e. The first-order chi connectivity index (χ1) is 7.59. The van der Waals surface area contributed by atoms with Crippen molar-refractivity contribution >= 4 is 34.8 Å². The lowest BCUT2D eigenvalue weighted by Gasteiger charge is -2.13. The van der Waals surface area contributed by atoms with Crippen LogP contribution in [-0.2, 0) is 6.42 Å². The van der Waals surface area contributed by atoms with Gasteiger partial charge in [-0.2, -0.15) is 4.99 Å². The molecule has 1 aromatic carbocycles. The molecule has 1 aromatic rings. The van der Waals surface area contributed by atoms with Crippen molar-refractivity contribution in [2.75, 3.05) is 6.54 Å². The summed E-state index contributed by atoms with van der Waals surface area (Å²) in [4.78, 5) is 3.66. The largest absolute Gasteiger partial charge is 0.370 e. The molecule has 0 saturated carbocycles. The number of hydrogen-bond acceptors (Lipinski definition) is 1. The molecule has 0 spiro atoms. The Bertz CT molecular complexity index is 372. The summed E-state index contributed by atoms with van der Waals surface area (Å²) in [6.45, 7) is 0.695. The zero-order valence-electron chi connectivity index (χ0n) is 8.73. The molecule has 5 N–H and O–H groups in total. The molecule has 0 aromatic heterocycles. The average Bonchev–Trinajstić information content (AvgIpc) is 2.26. The Labute approximate surface area is 109 Å². The average molecular weight is 331 g/mol. The molecular weight excluding hydrogens is 317 g/mol. The number of hydrogen-bond donors (Lipinski definition) is 3. The summed E-state index contributed by atoms with van der Waals surface area (Å²) in [5.74, 6) is -0.0251. The van der Waals surface area contributed by atoms with E-state index in [-0.39, 0.29) is 11.9 Å². The number of halogens is 1. The van der Waals surface area contributed by atoms with Crippen LogP contribution < -0.4 is 11.5 Å². The van der Waals surface area contributed by atoms with Crippen LogP contribution in [0.15, 0.2) is 35.3 Å². The van der Waals surface area contributed by atoms with Crippen LogP contribution in [0.25, 0.3) is 0 Å². The highest BCUT2D eigenvalue weighted by atomic mass is 127. The van der Waals surface area contributed by atoms with Crippen LogP contribution in [0, 0.1) is 5.41 Å². The summed E-state index contributed by atoms with van der Waals surface area (Å²) in [7, 11) is 0. The Morgan fingerprint density at radius 3 is 2.50 bits per heavy atom. The van der Waals surface area contributed by atoms with Crippen molar-refractivity contribution in [3.05, 3.63) is 35.9 Å². The zero-order chi connectivity index (χ0) is 12.0. The van der Waals surface area contributed by atoms with Crippen LogP contribution in [0.3, 0.4) is 0 Å². The fraction of sp³-hybridized carbons (Fsp3) is 0.200. The van der Waals surface area contributed by atoms with E-state index in [2.05, 4.69) is 17.1 Å². The van der Waals surface area contributed by atoms with E-state index in [0.29, 0.717) is 6.54 Å². The normalized spacial score (nSPS) is 9.56. The Morgan fingerprint density at radius 2 is 1.94 bits per heavy atom. The van der Waals surface area contributed by atoms with Crippen LogP contribution in [0.5, 0.6) is 0 Å². The van der Waals surface area contributed by atoms with E-state index in [9.17, 15) is 0 Å². The lowest BCUT2D eigenvalue weighted by Crippen LogP contribution is -2.28. The number of rotatable bonds is 3. The van der Waals surface area contributed by atoms with Gasteiger partial charge in [-0.25, -0.2) is 0 Å². The lowest BCUT2D eigenvalue weighted by molar-refractivity contribution is 0.695. The van der Waals surface area contributed by atoms with Crippen LogP contribution in [0.1, 0.15) is 5.56 Å². The second-order valence-electron chi connectivity index (χ2n) is 3.18. The maximum atomic E-state index is 7.56. The summed E-state index contributed by atoms with van der Waals surface area (Å²) in [5.41, 5.74) is 11.6. The predicted molar refractivity (Wildman–Crippen MR) is 74.4 cm³/mol. The molecule has 0 aliphatic rings. The van der Waals surface area contributed by atoms with Crippen molar-refractivity contribution in [3.63, 3.8) is 0 Å². The summed E-state index contributed by atoms with van der Waals surface area (Å²) in [6, 6.07) is 10.1. The fourth-order valence-electron chi connectivity index (χ4n) is 1.15. The van der Waals surface area contributed by atoms with Crippen LogP contribution >= 0.6 is 22.9 Å². The van der Waals surface area contributed by atoms with Crippen molar-refractivity contribution in [2.24, 2.45) is 16.5 Å². The zero-order valence-corrected chi connectivity index (χ0v) is 10.9. The second-order valence-corrected chi connectivity index (χ2v) is 4.35. The molecule has 0 amide bonds. The summed E-state index contributed by atoms with van der Waals surface area (Å²) >= 11 is 2.02. The molecule has 0 aliphatic carbocycles. The quantitative estimate of drug-likeness (QED) is 0.335. The number of guanidine groups is 2. The predicted octanol–water partition coefficient (Wildman–Crippen LogP) is 1.09. The van der Waals surface area contributed by atoms with Crippen molar-refractivity contribution in [1.29, 1.82) is 5.41 Å². The minimum absolute atomic E-state index is 0.0662. The van der Waals surface area contributed by atoms with Crippen molar-refractivity contribution in [3.8, 4) is 0 Å². The minimum Gasteiger partial charge on any atom is -0.370 e. The number of nitrogens with zero attached hydrogens (tertiary/aromatic N) is 2. The van der Waals surface area contributed by atoms with E-state index in [0.717, 1.165) is 6.42 Å². The Balaban J connectivity index is 2.44. The third-order valence-corrected chi connectivity index (χ3v) is 2.84. The molecule has 0 aliphatic heterocycles. The van der Waals surface area contributed by atoms with E-state index < -0.39 is 0 Å². The third kappa shape index (κ3) is 4.47. The molecule has 0 saturated heterocycles. The van der Waals surface area contributed by atoms with Crippen LogP contribution in [-0.4, -0.2) is 21.6 Å². The molecule has 86 valence electrons. The van der Waals surface area contributed by atoms with Gasteiger partial charge in [0.05, 0.1) is 22.9 Å². The van der Waals surface area contributed by atoms with Gasteiger partial charge in [0.25, 0.3) is 0 Å². The van der Waals surface area contributed by atoms with Gasteiger partial charge in [-0.1, -0.05) is 30.3 Å². The molecule has 0 bridgehead atoms. The SMILES string of the molecule is N=C(N=C(N)N)N(I)CCc1ccccc1. The van der Waals surface area contributed by atoms with Crippen LogP contribution in [0.4, 0.5) is 0 Å². The second kappa shape index (κ2) is 6.31.